The van der Waals surface area contributed by atoms with Crippen LogP contribution < -0.4 is 0 Å². The molecule has 4 heteroatoms. The lowest BCUT2D eigenvalue weighted by atomic mass is 10.1. The van der Waals surface area contributed by atoms with Gasteiger partial charge < -0.3 is 14.3 Å². The number of hydrogen-bond acceptors (Lipinski definition) is 4. The minimum Gasteiger partial charge on any atom is -0.504 e. The third-order valence-corrected chi connectivity index (χ3v) is 2.49. The van der Waals surface area contributed by atoms with Crippen molar-refractivity contribution in [3.05, 3.63) is 41.9 Å². The van der Waals surface area contributed by atoms with Crippen molar-refractivity contribution in [2.75, 3.05) is 7.11 Å². The average molecular weight is 232 g/mol. The number of hydrogen-bond donors (Lipinski definition) is 1. The minimum atomic E-state index is -0.604. The largest absolute Gasteiger partial charge is 0.504 e. The fourth-order valence-corrected chi connectivity index (χ4v) is 1.65. The molecule has 0 aliphatic heterocycles. The van der Waals surface area contributed by atoms with E-state index in [9.17, 15) is 9.90 Å². The van der Waals surface area contributed by atoms with Crippen molar-refractivity contribution in [3.63, 3.8) is 0 Å². The molecule has 2 rings (SSSR count). The Morgan fingerprint density at radius 2 is 1.94 bits per heavy atom. The number of aryl methyl sites for hydroxylation is 1. The van der Waals surface area contributed by atoms with Gasteiger partial charge in [0.25, 0.3) is 0 Å². The summed E-state index contributed by atoms with van der Waals surface area (Å²) in [5.74, 6) is -0.318. The Balaban J connectivity index is 2.64. The van der Waals surface area contributed by atoms with E-state index in [1.807, 2.05) is 18.2 Å². The molecule has 0 spiro atoms. The molecular formula is C13H12O4. The van der Waals surface area contributed by atoms with Gasteiger partial charge >= 0.3 is 5.97 Å². The van der Waals surface area contributed by atoms with Crippen LogP contribution in [0.1, 0.15) is 16.3 Å². The zero-order chi connectivity index (χ0) is 12.4. The van der Waals surface area contributed by atoms with E-state index in [1.54, 1.807) is 19.1 Å². The van der Waals surface area contributed by atoms with Gasteiger partial charge in [-0.25, -0.2) is 4.79 Å². The molecule has 1 N–H and O–H groups in total. The average Bonchev–Trinajstić information content (AvgIpc) is 2.66. The van der Waals surface area contributed by atoms with Crippen LogP contribution >= 0.6 is 0 Å². The maximum Gasteiger partial charge on any atom is 0.374 e. The summed E-state index contributed by atoms with van der Waals surface area (Å²) in [6.07, 6.45) is 0. The number of benzene rings is 1. The number of aromatic hydroxyl groups is 1. The zero-order valence-electron chi connectivity index (χ0n) is 9.56. The highest BCUT2D eigenvalue weighted by Crippen LogP contribution is 2.37. The number of esters is 1. The topological polar surface area (TPSA) is 59.7 Å². The van der Waals surface area contributed by atoms with Crippen LogP contribution in [0.25, 0.3) is 11.1 Å². The number of methoxy groups -OCH3 is 1. The first-order chi connectivity index (χ1) is 8.15. The van der Waals surface area contributed by atoms with Crippen molar-refractivity contribution >= 4 is 5.97 Å². The molecule has 4 nitrogen and oxygen atoms in total. The monoisotopic (exact) mass is 232 g/mol. The van der Waals surface area contributed by atoms with E-state index >= 15 is 0 Å². The van der Waals surface area contributed by atoms with Gasteiger partial charge in [0.05, 0.1) is 12.7 Å². The van der Waals surface area contributed by atoms with Crippen molar-refractivity contribution < 1.29 is 19.1 Å². The lowest BCUT2D eigenvalue weighted by molar-refractivity contribution is 0.0565. The molecule has 0 saturated heterocycles. The predicted molar refractivity (Wildman–Crippen MR) is 61.9 cm³/mol. The summed E-state index contributed by atoms with van der Waals surface area (Å²) in [6, 6.07) is 9.06. The van der Waals surface area contributed by atoms with Crippen molar-refractivity contribution in [1.82, 2.24) is 0 Å². The van der Waals surface area contributed by atoms with Crippen LogP contribution in [-0.2, 0) is 4.74 Å². The van der Waals surface area contributed by atoms with Crippen LogP contribution in [0.4, 0.5) is 0 Å². The Kier molecular flexibility index (Phi) is 2.87. The summed E-state index contributed by atoms with van der Waals surface area (Å²) in [5, 5.41) is 9.91. The van der Waals surface area contributed by atoms with Gasteiger partial charge in [0.15, 0.2) is 5.75 Å². The summed E-state index contributed by atoms with van der Waals surface area (Å²) in [6.45, 7) is 1.59. The van der Waals surface area contributed by atoms with Gasteiger partial charge in [0.1, 0.15) is 5.76 Å². The van der Waals surface area contributed by atoms with Gasteiger partial charge in [0.2, 0.25) is 5.76 Å². The SMILES string of the molecule is COC(=O)c1oc(C)c(O)c1-c1ccccc1. The Hall–Kier alpha value is -2.23. The quantitative estimate of drug-likeness (QED) is 0.809. The number of carbonyl (C=O) groups excluding carboxylic acids is 1. The molecule has 0 saturated carbocycles. The predicted octanol–water partition coefficient (Wildman–Crippen LogP) is 2.75. The van der Waals surface area contributed by atoms with E-state index in [-0.39, 0.29) is 11.5 Å². The molecule has 0 radical (unpaired) electrons. The highest BCUT2D eigenvalue weighted by Gasteiger charge is 2.24. The number of carbonyl (C=O) groups is 1. The van der Waals surface area contributed by atoms with Crippen LogP contribution in [0, 0.1) is 6.92 Å². The first kappa shape index (κ1) is 11.3. The van der Waals surface area contributed by atoms with Gasteiger partial charge in [-0.2, -0.15) is 0 Å². The number of rotatable bonds is 2. The Labute approximate surface area is 98.4 Å². The normalized spacial score (nSPS) is 10.2. The highest BCUT2D eigenvalue weighted by atomic mass is 16.5. The van der Waals surface area contributed by atoms with Crippen LogP contribution in [0.2, 0.25) is 0 Å². The Bertz CT molecular complexity index is 540. The first-order valence-electron chi connectivity index (χ1n) is 5.11. The first-order valence-corrected chi connectivity index (χ1v) is 5.11. The van der Waals surface area contributed by atoms with Crippen molar-refractivity contribution in [1.29, 1.82) is 0 Å². The number of ether oxygens (including phenoxy) is 1. The molecule has 2 aromatic rings. The van der Waals surface area contributed by atoms with Crippen LogP contribution in [0.3, 0.4) is 0 Å². The van der Waals surface area contributed by atoms with E-state index in [0.29, 0.717) is 16.9 Å². The van der Waals surface area contributed by atoms with E-state index in [4.69, 9.17) is 4.42 Å². The van der Waals surface area contributed by atoms with Gasteiger partial charge in [-0.15, -0.1) is 0 Å². The zero-order valence-corrected chi connectivity index (χ0v) is 9.56. The molecule has 0 fully saturated rings. The Morgan fingerprint density at radius 3 is 2.53 bits per heavy atom. The molecule has 0 atom stereocenters. The second-order valence-electron chi connectivity index (χ2n) is 3.57. The second kappa shape index (κ2) is 4.33. The molecular weight excluding hydrogens is 220 g/mol. The second-order valence-corrected chi connectivity index (χ2v) is 3.57. The van der Waals surface area contributed by atoms with E-state index in [0.717, 1.165) is 0 Å². The fraction of sp³-hybridized carbons (Fsp3) is 0.154. The van der Waals surface area contributed by atoms with Gasteiger partial charge in [-0.05, 0) is 12.5 Å². The molecule has 0 unspecified atom stereocenters. The molecule has 0 aliphatic carbocycles. The third-order valence-electron chi connectivity index (χ3n) is 2.49. The molecule has 0 aliphatic rings. The number of furan rings is 1. The standard InChI is InChI=1S/C13H12O4/c1-8-11(14)10(9-6-4-3-5-7-9)12(17-8)13(15)16-2/h3-7,14H,1-2H3. The summed E-state index contributed by atoms with van der Waals surface area (Å²) < 4.78 is 9.85. The molecule has 88 valence electrons. The van der Waals surface area contributed by atoms with Gasteiger partial charge in [-0.3, -0.25) is 0 Å². The molecule has 0 bridgehead atoms. The summed E-state index contributed by atoms with van der Waals surface area (Å²) in [5.41, 5.74) is 1.08. The van der Waals surface area contributed by atoms with Gasteiger partial charge in [-0.1, -0.05) is 30.3 Å². The lowest BCUT2D eigenvalue weighted by Gasteiger charge is -2.01. The van der Waals surface area contributed by atoms with Crippen LogP contribution in [0.15, 0.2) is 34.7 Å². The molecule has 0 amide bonds. The van der Waals surface area contributed by atoms with E-state index < -0.39 is 5.97 Å². The van der Waals surface area contributed by atoms with Crippen molar-refractivity contribution in [2.45, 2.75) is 6.92 Å². The fourth-order valence-electron chi connectivity index (χ4n) is 1.65. The summed E-state index contributed by atoms with van der Waals surface area (Å²) >= 11 is 0. The van der Waals surface area contributed by atoms with Crippen molar-refractivity contribution in [3.8, 4) is 16.9 Å². The van der Waals surface area contributed by atoms with E-state index in [1.165, 1.54) is 7.11 Å². The highest BCUT2D eigenvalue weighted by molar-refractivity contribution is 5.96. The Morgan fingerprint density at radius 1 is 1.29 bits per heavy atom. The molecule has 1 aromatic heterocycles. The van der Waals surface area contributed by atoms with Crippen LogP contribution in [-0.4, -0.2) is 18.2 Å². The molecule has 1 aromatic carbocycles. The maximum atomic E-state index is 11.5. The van der Waals surface area contributed by atoms with Gasteiger partial charge in [0, 0.05) is 0 Å². The maximum absolute atomic E-state index is 11.5. The lowest BCUT2D eigenvalue weighted by Crippen LogP contribution is -2.00. The van der Waals surface area contributed by atoms with E-state index in [2.05, 4.69) is 4.74 Å². The summed E-state index contributed by atoms with van der Waals surface area (Å²) in [7, 11) is 1.27. The third kappa shape index (κ3) is 1.89. The minimum absolute atomic E-state index is 0.0219. The molecule has 17 heavy (non-hydrogen) atoms. The molecule has 1 heterocycles. The summed E-state index contributed by atoms with van der Waals surface area (Å²) in [4.78, 5) is 11.5. The smallest absolute Gasteiger partial charge is 0.374 e. The van der Waals surface area contributed by atoms with Crippen LogP contribution in [0.5, 0.6) is 5.75 Å². The van der Waals surface area contributed by atoms with Crippen molar-refractivity contribution in [2.24, 2.45) is 0 Å².